The molecule has 2 unspecified atom stereocenters. The fraction of sp³-hybridized carbons (Fsp3) is 0.857. The van der Waals surface area contributed by atoms with E-state index >= 15 is 0 Å². The van der Waals surface area contributed by atoms with Gasteiger partial charge in [0, 0.05) is 11.1 Å². The smallest absolute Gasteiger partial charge is 0.246 e. The molecule has 0 aromatic carbocycles. The van der Waals surface area contributed by atoms with Crippen LogP contribution in [0.1, 0.15) is 71.6 Å². The average molecular weight is 316 g/mol. The van der Waals surface area contributed by atoms with Crippen molar-refractivity contribution in [3.8, 4) is 0 Å². The van der Waals surface area contributed by atoms with Crippen LogP contribution in [0.3, 0.4) is 0 Å². The van der Waals surface area contributed by atoms with Gasteiger partial charge in [0.1, 0.15) is 0 Å². The molecular formula is C21H33NO. The lowest BCUT2D eigenvalue weighted by Crippen LogP contribution is -2.69. The van der Waals surface area contributed by atoms with Crippen LogP contribution in [0, 0.1) is 35.5 Å². The summed E-state index contributed by atoms with van der Waals surface area (Å²) in [4.78, 5) is 12.7. The third kappa shape index (κ3) is 2.48. The summed E-state index contributed by atoms with van der Waals surface area (Å²) in [5, 5.41) is 3.63. The van der Waals surface area contributed by atoms with Crippen molar-refractivity contribution in [2.45, 2.75) is 77.2 Å². The van der Waals surface area contributed by atoms with Gasteiger partial charge >= 0.3 is 0 Å². The van der Waals surface area contributed by atoms with Crippen molar-refractivity contribution in [3.05, 3.63) is 12.2 Å². The van der Waals surface area contributed by atoms with Gasteiger partial charge in [-0.2, -0.15) is 0 Å². The topological polar surface area (TPSA) is 29.1 Å². The van der Waals surface area contributed by atoms with E-state index in [1.165, 1.54) is 57.8 Å². The highest BCUT2D eigenvalue weighted by molar-refractivity contribution is 5.92. The van der Waals surface area contributed by atoms with Crippen molar-refractivity contribution in [2.75, 3.05) is 0 Å². The maximum absolute atomic E-state index is 12.7. The van der Waals surface area contributed by atoms with Gasteiger partial charge in [-0.15, -0.1) is 0 Å². The summed E-state index contributed by atoms with van der Waals surface area (Å²) in [6, 6.07) is 0. The molecule has 2 nitrogen and oxygen atoms in total. The van der Waals surface area contributed by atoms with E-state index in [4.69, 9.17) is 0 Å². The quantitative estimate of drug-likeness (QED) is 0.751. The van der Waals surface area contributed by atoms with E-state index in [-0.39, 0.29) is 11.4 Å². The lowest BCUT2D eigenvalue weighted by molar-refractivity contribution is -0.138. The molecule has 5 aliphatic rings. The van der Waals surface area contributed by atoms with Crippen LogP contribution in [0.15, 0.2) is 12.2 Å². The maximum atomic E-state index is 12.7. The Hall–Kier alpha value is -0.790. The molecule has 5 saturated carbocycles. The molecule has 2 atom stereocenters. The summed E-state index contributed by atoms with van der Waals surface area (Å²) in [7, 11) is 0. The molecule has 2 heteroatoms. The first-order valence-corrected chi connectivity index (χ1v) is 9.97. The van der Waals surface area contributed by atoms with Crippen LogP contribution in [-0.4, -0.2) is 11.4 Å². The van der Waals surface area contributed by atoms with Crippen molar-refractivity contribution < 1.29 is 4.79 Å². The summed E-state index contributed by atoms with van der Waals surface area (Å²) < 4.78 is 0. The predicted molar refractivity (Wildman–Crippen MR) is 93.9 cm³/mol. The monoisotopic (exact) mass is 315 g/mol. The first kappa shape index (κ1) is 15.7. The van der Waals surface area contributed by atoms with Crippen LogP contribution in [0.2, 0.25) is 0 Å². The van der Waals surface area contributed by atoms with E-state index in [1.54, 1.807) is 0 Å². The highest BCUT2D eigenvalue weighted by atomic mass is 16.1. The Balaban J connectivity index is 1.69. The van der Waals surface area contributed by atoms with E-state index in [1.807, 2.05) is 6.92 Å². The molecule has 4 bridgehead atoms. The van der Waals surface area contributed by atoms with Crippen LogP contribution in [-0.2, 0) is 4.79 Å². The summed E-state index contributed by atoms with van der Waals surface area (Å²) in [5.74, 6) is 5.02. The number of carbonyl (C=O) groups is 1. The second kappa shape index (κ2) is 5.63. The second-order valence-electron chi connectivity index (χ2n) is 9.44. The molecular weight excluding hydrogens is 282 g/mol. The lowest BCUT2D eigenvalue weighted by atomic mass is 9.44. The summed E-state index contributed by atoms with van der Waals surface area (Å²) in [6.45, 7) is 8.19. The molecule has 0 heterocycles. The van der Waals surface area contributed by atoms with Gasteiger partial charge in [0.05, 0.1) is 0 Å². The fourth-order valence-corrected chi connectivity index (χ4v) is 7.11. The van der Waals surface area contributed by atoms with Gasteiger partial charge in [0.2, 0.25) is 5.91 Å². The molecule has 5 rings (SSSR count). The highest BCUT2D eigenvalue weighted by Crippen LogP contribution is 2.62. The summed E-state index contributed by atoms with van der Waals surface area (Å²) in [5.41, 5.74) is 0.778. The molecule has 0 aromatic heterocycles. The number of amides is 1. The Labute approximate surface area is 141 Å². The van der Waals surface area contributed by atoms with Gasteiger partial charge in [-0.05, 0) is 87.4 Å². The minimum absolute atomic E-state index is 0.0954. The molecule has 23 heavy (non-hydrogen) atoms. The standard InChI is InChI=1S/C21H33NO/c1-13(2)20(23)22-21(17-6-4-5-14(3)7-17)18-9-15-8-16(11-18)12-19(21)10-15/h14-19H,1,4-12H2,2-3H3,(H,22,23). The van der Waals surface area contributed by atoms with Crippen LogP contribution < -0.4 is 5.32 Å². The largest absolute Gasteiger partial charge is 0.346 e. The van der Waals surface area contributed by atoms with Crippen molar-refractivity contribution in [3.63, 3.8) is 0 Å². The van der Waals surface area contributed by atoms with Gasteiger partial charge in [-0.25, -0.2) is 0 Å². The van der Waals surface area contributed by atoms with E-state index in [0.717, 1.165) is 29.6 Å². The zero-order valence-corrected chi connectivity index (χ0v) is 14.9. The third-order valence-electron chi connectivity index (χ3n) is 7.82. The lowest BCUT2D eigenvalue weighted by Gasteiger charge is -2.64. The van der Waals surface area contributed by atoms with Gasteiger partial charge in [-0.3, -0.25) is 4.79 Å². The SMILES string of the molecule is C=C(C)C(=O)NC1(C2CCCC(C)C2)C2CC3CC(C2)CC1C3. The highest BCUT2D eigenvalue weighted by Gasteiger charge is 2.60. The van der Waals surface area contributed by atoms with Crippen LogP contribution in [0.5, 0.6) is 0 Å². The second-order valence-corrected chi connectivity index (χ2v) is 9.44. The number of nitrogens with one attached hydrogen (secondary N) is 1. The average Bonchev–Trinajstić information content (AvgIpc) is 2.50. The number of carbonyl (C=O) groups excluding carboxylic acids is 1. The van der Waals surface area contributed by atoms with Gasteiger partial charge in [0.15, 0.2) is 0 Å². The van der Waals surface area contributed by atoms with Gasteiger partial charge in [-0.1, -0.05) is 26.3 Å². The molecule has 0 spiro atoms. The Kier molecular flexibility index (Phi) is 3.85. The number of rotatable bonds is 3. The van der Waals surface area contributed by atoms with E-state index in [0.29, 0.717) is 11.5 Å². The molecule has 5 aliphatic carbocycles. The van der Waals surface area contributed by atoms with Gasteiger partial charge < -0.3 is 5.32 Å². The van der Waals surface area contributed by atoms with Crippen molar-refractivity contribution >= 4 is 5.91 Å². The zero-order chi connectivity index (χ0) is 16.2. The third-order valence-corrected chi connectivity index (χ3v) is 7.82. The van der Waals surface area contributed by atoms with Crippen molar-refractivity contribution in [2.24, 2.45) is 35.5 Å². The molecule has 0 saturated heterocycles. The first-order chi connectivity index (χ1) is 11.0. The Bertz CT molecular complexity index is 480. The Morgan fingerprint density at radius 2 is 1.57 bits per heavy atom. The molecule has 0 aromatic rings. The minimum Gasteiger partial charge on any atom is -0.346 e. The van der Waals surface area contributed by atoms with Crippen LogP contribution in [0.25, 0.3) is 0 Å². The van der Waals surface area contributed by atoms with E-state index < -0.39 is 0 Å². The fourth-order valence-electron chi connectivity index (χ4n) is 7.11. The molecule has 0 aliphatic heterocycles. The summed E-state index contributed by atoms with van der Waals surface area (Å²) >= 11 is 0. The first-order valence-electron chi connectivity index (χ1n) is 9.97. The van der Waals surface area contributed by atoms with Crippen molar-refractivity contribution in [1.29, 1.82) is 0 Å². The Morgan fingerprint density at radius 3 is 2.09 bits per heavy atom. The molecule has 0 radical (unpaired) electrons. The predicted octanol–water partition coefficient (Wildman–Crippen LogP) is 4.70. The zero-order valence-electron chi connectivity index (χ0n) is 14.9. The van der Waals surface area contributed by atoms with Crippen LogP contribution >= 0.6 is 0 Å². The molecule has 1 amide bonds. The maximum Gasteiger partial charge on any atom is 0.246 e. The van der Waals surface area contributed by atoms with Crippen molar-refractivity contribution in [1.82, 2.24) is 5.32 Å². The van der Waals surface area contributed by atoms with E-state index in [2.05, 4.69) is 18.8 Å². The number of hydrogen-bond acceptors (Lipinski definition) is 1. The normalized spacial score (nSPS) is 48.3. The number of hydrogen-bond donors (Lipinski definition) is 1. The van der Waals surface area contributed by atoms with Gasteiger partial charge in [0.25, 0.3) is 0 Å². The summed E-state index contributed by atoms with van der Waals surface area (Å²) in [6.07, 6.45) is 12.3. The van der Waals surface area contributed by atoms with E-state index in [9.17, 15) is 4.79 Å². The molecule has 5 fully saturated rings. The Morgan fingerprint density at radius 1 is 0.957 bits per heavy atom. The molecule has 128 valence electrons. The molecule has 1 N–H and O–H groups in total. The minimum atomic E-state index is 0.0954. The van der Waals surface area contributed by atoms with Crippen LogP contribution in [0.4, 0.5) is 0 Å².